The van der Waals surface area contributed by atoms with Gasteiger partial charge in [-0.05, 0) is 23.6 Å². The van der Waals surface area contributed by atoms with E-state index in [1.54, 1.807) is 16.2 Å². The predicted molar refractivity (Wildman–Crippen MR) is 101 cm³/mol. The van der Waals surface area contributed by atoms with Gasteiger partial charge in [0.05, 0.1) is 21.6 Å². The first-order valence-electron chi connectivity index (χ1n) is 8.56. The van der Waals surface area contributed by atoms with Crippen molar-refractivity contribution in [2.75, 3.05) is 6.54 Å². The standard InChI is InChI=1S/C19H17N3OS2/c1-2-7-17-14(5-1)20-19(25-17)15-6-3-9-22(15)12-13-11-16(23-21-13)18-8-4-10-24-18/h1-2,4-5,7-8,10-11,15H,3,6,9,12H2/p+1/t15-/m0/s1. The van der Waals surface area contributed by atoms with E-state index in [9.17, 15) is 0 Å². The Hall–Kier alpha value is -2.02. The molecule has 4 aromatic rings. The Balaban J connectivity index is 1.38. The van der Waals surface area contributed by atoms with Gasteiger partial charge in [-0.3, -0.25) is 0 Å². The summed E-state index contributed by atoms with van der Waals surface area (Å²) in [6.07, 6.45) is 2.44. The minimum atomic E-state index is 0.472. The maximum atomic E-state index is 5.54. The van der Waals surface area contributed by atoms with Crippen LogP contribution >= 0.6 is 22.7 Å². The van der Waals surface area contributed by atoms with E-state index >= 15 is 0 Å². The number of likely N-dealkylation sites (tertiary alicyclic amines) is 1. The van der Waals surface area contributed by atoms with Gasteiger partial charge < -0.3 is 9.42 Å². The third kappa shape index (κ3) is 2.90. The van der Waals surface area contributed by atoms with E-state index in [0.29, 0.717) is 6.04 Å². The second-order valence-electron chi connectivity index (χ2n) is 6.46. The highest BCUT2D eigenvalue weighted by Gasteiger charge is 2.33. The van der Waals surface area contributed by atoms with Crippen LogP contribution in [0.5, 0.6) is 0 Å². The molecular formula is C19H18N3OS2+. The van der Waals surface area contributed by atoms with Gasteiger partial charge in [-0.1, -0.05) is 23.4 Å². The molecule has 5 rings (SSSR count). The van der Waals surface area contributed by atoms with Gasteiger partial charge in [-0.25, -0.2) is 4.98 Å². The van der Waals surface area contributed by atoms with Crippen LogP contribution in [-0.4, -0.2) is 16.7 Å². The number of quaternary nitrogens is 1. The first-order chi connectivity index (χ1) is 12.4. The van der Waals surface area contributed by atoms with Gasteiger partial charge in [0.15, 0.2) is 10.8 Å². The fraction of sp³-hybridized carbons (Fsp3) is 0.263. The van der Waals surface area contributed by atoms with E-state index in [1.165, 1.54) is 29.1 Å². The van der Waals surface area contributed by atoms with E-state index in [2.05, 4.69) is 46.9 Å². The summed E-state index contributed by atoms with van der Waals surface area (Å²) in [6, 6.07) is 15.1. The number of rotatable bonds is 4. The van der Waals surface area contributed by atoms with Crippen molar-refractivity contribution >= 4 is 32.9 Å². The van der Waals surface area contributed by atoms with Gasteiger partial charge >= 0.3 is 0 Å². The Morgan fingerprint density at radius 2 is 2.16 bits per heavy atom. The second kappa shape index (κ2) is 6.37. The largest absolute Gasteiger partial charge is 0.355 e. The van der Waals surface area contributed by atoms with Gasteiger partial charge in [0.2, 0.25) is 0 Å². The highest BCUT2D eigenvalue weighted by molar-refractivity contribution is 7.18. The fourth-order valence-electron chi connectivity index (χ4n) is 3.62. The Bertz CT molecular complexity index is 956. The molecule has 0 amide bonds. The number of hydrogen-bond acceptors (Lipinski definition) is 5. The molecule has 126 valence electrons. The lowest BCUT2D eigenvalue weighted by Gasteiger charge is -2.18. The Morgan fingerprint density at radius 1 is 1.20 bits per heavy atom. The quantitative estimate of drug-likeness (QED) is 0.593. The molecule has 6 heteroatoms. The molecule has 0 aliphatic carbocycles. The summed E-state index contributed by atoms with van der Waals surface area (Å²) >= 11 is 3.52. The predicted octanol–water partition coefficient (Wildman–Crippen LogP) is 3.93. The molecule has 1 fully saturated rings. The summed E-state index contributed by atoms with van der Waals surface area (Å²) < 4.78 is 6.82. The third-order valence-electron chi connectivity index (χ3n) is 4.82. The summed E-state index contributed by atoms with van der Waals surface area (Å²) in [5, 5.41) is 7.62. The maximum absolute atomic E-state index is 5.54. The molecule has 1 aliphatic rings. The van der Waals surface area contributed by atoms with Crippen LogP contribution in [0.3, 0.4) is 0 Å². The zero-order valence-corrected chi connectivity index (χ0v) is 15.3. The highest BCUT2D eigenvalue weighted by Crippen LogP contribution is 2.29. The highest BCUT2D eigenvalue weighted by atomic mass is 32.1. The van der Waals surface area contributed by atoms with Crippen LogP contribution in [-0.2, 0) is 6.54 Å². The molecule has 3 aromatic heterocycles. The molecule has 1 unspecified atom stereocenters. The van der Waals surface area contributed by atoms with Crippen molar-refractivity contribution in [1.82, 2.24) is 10.1 Å². The fourth-order valence-corrected chi connectivity index (χ4v) is 5.46. The molecular weight excluding hydrogens is 350 g/mol. The average Bonchev–Trinajstić information content (AvgIpc) is 3.41. The molecule has 1 saturated heterocycles. The zero-order chi connectivity index (χ0) is 16.6. The third-order valence-corrected chi connectivity index (χ3v) is 6.86. The number of thiazole rings is 1. The molecule has 1 aliphatic heterocycles. The van der Waals surface area contributed by atoms with Gasteiger partial charge in [-0.15, -0.1) is 22.7 Å². The maximum Gasteiger partial charge on any atom is 0.177 e. The smallest absolute Gasteiger partial charge is 0.177 e. The van der Waals surface area contributed by atoms with E-state index < -0.39 is 0 Å². The first-order valence-corrected chi connectivity index (χ1v) is 10.3. The van der Waals surface area contributed by atoms with Gasteiger partial charge in [-0.2, -0.15) is 0 Å². The van der Waals surface area contributed by atoms with Crippen molar-refractivity contribution in [3.05, 3.63) is 58.5 Å². The zero-order valence-electron chi connectivity index (χ0n) is 13.6. The van der Waals surface area contributed by atoms with Crippen LogP contribution in [0.1, 0.15) is 29.6 Å². The lowest BCUT2D eigenvalue weighted by atomic mass is 10.2. The van der Waals surface area contributed by atoms with Crippen molar-refractivity contribution in [2.45, 2.75) is 25.4 Å². The van der Waals surface area contributed by atoms with Crippen molar-refractivity contribution in [3.63, 3.8) is 0 Å². The molecule has 0 saturated carbocycles. The normalized spacial score (nSPS) is 20.5. The van der Waals surface area contributed by atoms with Crippen LogP contribution in [0.25, 0.3) is 20.9 Å². The van der Waals surface area contributed by atoms with Crippen LogP contribution < -0.4 is 4.90 Å². The number of para-hydroxylation sites is 1. The van der Waals surface area contributed by atoms with Crippen molar-refractivity contribution in [3.8, 4) is 10.6 Å². The molecule has 0 radical (unpaired) electrons. The van der Waals surface area contributed by atoms with E-state index in [4.69, 9.17) is 9.51 Å². The topological polar surface area (TPSA) is 43.4 Å². The number of hydrogen-bond donors (Lipinski definition) is 1. The summed E-state index contributed by atoms with van der Waals surface area (Å²) in [5.41, 5.74) is 2.15. The van der Waals surface area contributed by atoms with Crippen LogP contribution in [0.2, 0.25) is 0 Å². The Morgan fingerprint density at radius 3 is 3.04 bits per heavy atom. The number of aromatic nitrogens is 2. The van der Waals surface area contributed by atoms with Crippen LogP contribution in [0.15, 0.2) is 52.4 Å². The van der Waals surface area contributed by atoms with Crippen LogP contribution in [0, 0.1) is 0 Å². The Labute approximate surface area is 153 Å². The lowest BCUT2D eigenvalue weighted by Crippen LogP contribution is -3.09. The van der Waals surface area contributed by atoms with E-state index in [0.717, 1.165) is 28.4 Å². The monoisotopic (exact) mass is 368 g/mol. The molecule has 0 bridgehead atoms. The minimum absolute atomic E-state index is 0.472. The van der Waals surface area contributed by atoms with Gasteiger partial charge in [0, 0.05) is 18.9 Å². The number of nitrogens with zero attached hydrogens (tertiary/aromatic N) is 2. The summed E-state index contributed by atoms with van der Waals surface area (Å²) in [5.74, 6) is 0.875. The van der Waals surface area contributed by atoms with Crippen molar-refractivity contribution < 1.29 is 9.42 Å². The van der Waals surface area contributed by atoms with Gasteiger partial charge in [0.25, 0.3) is 0 Å². The summed E-state index contributed by atoms with van der Waals surface area (Å²) in [4.78, 5) is 7.57. The van der Waals surface area contributed by atoms with Crippen molar-refractivity contribution in [2.24, 2.45) is 0 Å². The second-order valence-corrected chi connectivity index (χ2v) is 8.47. The SMILES string of the molecule is c1csc(-c2cc(C[NH+]3CCC[C@H]3c3nc4ccccc4s3)no2)c1. The average molecular weight is 369 g/mol. The van der Waals surface area contributed by atoms with E-state index in [-0.39, 0.29) is 0 Å². The van der Waals surface area contributed by atoms with Crippen molar-refractivity contribution in [1.29, 1.82) is 0 Å². The molecule has 0 spiro atoms. The number of nitrogens with one attached hydrogen (secondary N) is 1. The molecule has 25 heavy (non-hydrogen) atoms. The van der Waals surface area contributed by atoms with E-state index in [1.807, 2.05) is 17.4 Å². The molecule has 1 aromatic carbocycles. The molecule has 4 nitrogen and oxygen atoms in total. The molecule has 1 N–H and O–H groups in total. The summed E-state index contributed by atoms with van der Waals surface area (Å²) in [7, 11) is 0. The molecule has 2 atom stereocenters. The lowest BCUT2D eigenvalue weighted by molar-refractivity contribution is -0.932. The van der Waals surface area contributed by atoms with Gasteiger partial charge in [0.1, 0.15) is 18.3 Å². The number of fused-ring (bicyclic) bond motifs is 1. The first kappa shape index (κ1) is 15.3. The minimum Gasteiger partial charge on any atom is -0.355 e. The number of thiophene rings is 1. The summed E-state index contributed by atoms with van der Waals surface area (Å²) in [6.45, 7) is 2.07. The van der Waals surface area contributed by atoms with Crippen LogP contribution in [0.4, 0.5) is 0 Å². The number of benzene rings is 1. The molecule has 4 heterocycles. The Kier molecular flexibility index (Phi) is 3.88.